The van der Waals surface area contributed by atoms with Crippen LogP contribution in [0.1, 0.15) is 61.0 Å². The van der Waals surface area contributed by atoms with Gasteiger partial charge in [0.1, 0.15) is 0 Å². The minimum atomic E-state index is 0.135. The zero-order valence-electron chi connectivity index (χ0n) is 15.3. The number of amides is 1. The number of carbonyl (C=O) groups is 1. The van der Waals surface area contributed by atoms with Gasteiger partial charge in [0.25, 0.3) is 5.91 Å². The Morgan fingerprint density at radius 3 is 2.69 bits per heavy atom. The second-order valence-electron chi connectivity index (χ2n) is 7.51. The summed E-state index contributed by atoms with van der Waals surface area (Å²) in [5.41, 5.74) is 2.71. The summed E-state index contributed by atoms with van der Waals surface area (Å²) >= 11 is 6.24. The number of hydrogen-bond acceptors (Lipinski definition) is 3. The van der Waals surface area contributed by atoms with Gasteiger partial charge in [-0.1, -0.05) is 18.5 Å². The van der Waals surface area contributed by atoms with Crippen LogP contribution in [0.15, 0.2) is 24.3 Å². The van der Waals surface area contributed by atoms with Gasteiger partial charge >= 0.3 is 0 Å². The molecule has 1 aliphatic carbocycles. The number of carbonyl (C=O) groups excluding carboxylic acids is 1. The number of nitrogens with one attached hydrogen (secondary N) is 1. The predicted octanol–water partition coefficient (Wildman–Crippen LogP) is 4.37. The maximum Gasteiger partial charge on any atom is 0.254 e. The van der Waals surface area contributed by atoms with Crippen molar-refractivity contribution in [3.63, 3.8) is 0 Å². The highest BCUT2D eigenvalue weighted by Gasteiger charge is 2.30. The van der Waals surface area contributed by atoms with E-state index in [1.807, 2.05) is 24.3 Å². The molecule has 138 valence electrons. The second kappa shape index (κ2) is 7.53. The first-order valence-corrected chi connectivity index (χ1v) is 10.2. The highest BCUT2D eigenvalue weighted by Crippen LogP contribution is 2.40. The van der Waals surface area contributed by atoms with Crippen molar-refractivity contribution in [1.82, 2.24) is 15.2 Å². The third-order valence-corrected chi connectivity index (χ3v) is 5.73. The highest BCUT2D eigenvalue weighted by atomic mass is 35.5. The molecule has 5 heteroatoms. The van der Waals surface area contributed by atoms with Gasteiger partial charge in [0.05, 0.1) is 11.1 Å². The number of rotatable bonds is 5. The van der Waals surface area contributed by atoms with Crippen LogP contribution in [-0.4, -0.2) is 41.5 Å². The lowest BCUT2D eigenvalue weighted by molar-refractivity contribution is 0.0644. The van der Waals surface area contributed by atoms with Gasteiger partial charge in [0, 0.05) is 34.6 Å². The molecular formula is C21H26ClN3O. The van der Waals surface area contributed by atoms with E-state index in [4.69, 9.17) is 16.6 Å². The average Bonchev–Trinajstić information content (AvgIpc) is 3.51. The maximum atomic E-state index is 13.6. The summed E-state index contributed by atoms with van der Waals surface area (Å²) in [6.07, 6.45) is 5.35. The van der Waals surface area contributed by atoms with Gasteiger partial charge in [-0.25, -0.2) is 0 Å². The van der Waals surface area contributed by atoms with Crippen LogP contribution in [0.4, 0.5) is 0 Å². The van der Waals surface area contributed by atoms with E-state index in [0.29, 0.717) is 17.0 Å². The molecule has 4 rings (SSSR count). The molecule has 1 aromatic heterocycles. The zero-order chi connectivity index (χ0) is 18.1. The second-order valence-corrected chi connectivity index (χ2v) is 7.95. The predicted molar refractivity (Wildman–Crippen MR) is 106 cm³/mol. The van der Waals surface area contributed by atoms with Crippen molar-refractivity contribution in [2.75, 3.05) is 19.6 Å². The van der Waals surface area contributed by atoms with Crippen molar-refractivity contribution in [1.29, 1.82) is 0 Å². The van der Waals surface area contributed by atoms with Crippen LogP contribution in [0.25, 0.3) is 10.9 Å². The van der Waals surface area contributed by atoms with E-state index in [1.165, 1.54) is 12.8 Å². The minimum absolute atomic E-state index is 0.135. The molecule has 2 aliphatic rings. The largest absolute Gasteiger partial charge is 0.336 e. The van der Waals surface area contributed by atoms with Gasteiger partial charge in [-0.05, 0) is 69.5 Å². The summed E-state index contributed by atoms with van der Waals surface area (Å²) in [5, 5.41) is 4.92. The Labute approximate surface area is 159 Å². The van der Waals surface area contributed by atoms with Crippen LogP contribution in [-0.2, 0) is 0 Å². The first kappa shape index (κ1) is 17.7. The third-order valence-electron chi connectivity index (χ3n) is 5.49. The normalized spacial score (nSPS) is 18.2. The van der Waals surface area contributed by atoms with E-state index in [-0.39, 0.29) is 5.91 Å². The summed E-state index contributed by atoms with van der Waals surface area (Å²) in [7, 11) is 0. The first-order valence-electron chi connectivity index (χ1n) is 9.79. The van der Waals surface area contributed by atoms with E-state index in [9.17, 15) is 4.79 Å². The molecule has 2 aromatic rings. The monoisotopic (exact) mass is 371 g/mol. The molecule has 1 N–H and O–H groups in total. The number of hydrogen-bond donors (Lipinski definition) is 1. The molecular weight excluding hydrogens is 346 g/mol. The van der Waals surface area contributed by atoms with Crippen molar-refractivity contribution in [3.8, 4) is 0 Å². The first-order chi connectivity index (χ1) is 12.7. The molecule has 1 aromatic carbocycles. The zero-order valence-corrected chi connectivity index (χ0v) is 16.1. The van der Waals surface area contributed by atoms with E-state index < -0.39 is 0 Å². The fourth-order valence-electron chi connectivity index (χ4n) is 3.95. The fourth-order valence-corrected chi connectivity index (χ4v) is 4.12. The summed E-state index contributed by atoms with van der Waals surface area (Å²) in [4.78, 5) is 20.5. The van der Waals surface area contributed by atoms with Crippen molar-refractivity contribution < 1.29 is 4.79 Å². The van der Waals surface area contributed by atoms with Crippen molar-refractivity contribution in [2.24, 2.45) is 0 Å². The molecule has 0 bridgehead atoms. The van der Waals surface area contributed by atoms with Crippen molar-refractivity contribution in [2.45, 2.75) is 51.0 Å². The van der Waals surface area contributed by atoms with Crippen LogP contribution in [0.2, 0.25) is 5.02 Å². The Balaban J connectivity index is 1.76. The SMILES string of the molecule is CCCN(C(=O)c1cc(C2CC2)nc2ccc(Cl)cc12)C1CCNCC1. The number of piperidine rings is 1. The smallest absolute Gasteiger partial charge is 0.254 e. The molecule has 2 heterocycles. The summed E-state index contributed by atoms with van der Waals surface area (Å²) in [5.74, 6) is 0.649. The quantitative estimate of drug-likeness (QED) is 0.848. The summed E-state index contributed by atoms with van der Waals surface area (Å²) < 4.78 is 0. The van der Waals surface area contributed by atoms with Crippen molar-refractivity contribution >= 4 is 28.4 Å². The van der Waals surface area contributed by atoms with E-state index in [2.05, 4.69) is 17.1 Å². The Hall–Kier alpha value is -1.65. The number of pyridine rings is 1. The average molecular weight is 372 g/mol. The summed E-state index contributed by atoms with van der Waals surface area (Å²) in [6.45, 7) is 4.90. The third kappa shape index (κ3) is 3.58. The molecule has 0 atom stereocenters. The van der Waals surface area contributed by atoms with Gasteiger partial charge in [0.15, 0.2) is 0 Å². The molecule has 0 radical (unpaired) electrons. The molecule has 1 saturated heterocycles. The molecule has 4 nitrogen and oxygen atoms in total. The molecule has 26 heavy (non-hydrogen) atoms. The lowest BCUT2D eigenvalue weighted by Gasteiger charge is -2.35. The number of benzene rings is 1. The van der Waals surface area contributed by atoms with Crippen LogP contribution in [0.3, 0.4) is 0 Å². The van der Waals surface area contributed by atoms with E-state index in [0.717, 1.165) is 61.1 Å². The Kier molecular flexibility index (Phi) is 5.14. The topological polar surface area (TPSA) is 45.2 Å². The maximum absolute atomic E-state index is 13.6. The highest BCUT2D eigenvalue weighted by molar-refractivity contribution is 6.31. The number of fused-ring (bicyclic) bond motifs is 1. The van der Waals surface area contributed by atoms with Gasteiger partial charge in [-0.2, -0.15) is 0 Å². The molecule has 1 aliphatic heterocycles. The Morgan fingerprint density at radius 1 is 1.23 bits per heavy atom. The molecule has 0 spiro atoms. The van der Waals surface area contributed by atoms with E-state index >= 15 is 0 Å². The molecule has 1 saturated carbocycles. The van der Waals surface area contributed by atoms with Gasteiger partial charge < -0.3 is 10.2 Å². The molecule has 2 fully saturated rings. The lowest BCUT2D eigenvalue weighted by Crippen LogP contribution is -2.46. The Morgan fingerprint density at radius 2 is 2.00 bits per heavy atom. The van der Waals surface area contributed by atoms with Gasteiger partial charge in [-0.3, -0.25) is 9.78 Å². The Bertz CT molecular complexity index is 812. The van der Waals surface area contributed by atoms with Gasteiger partial charge in [-0.15, -0.1) is 0 Å². The molecule has 1 amide bonds. The van der Waals surface area contributed by atoms with Crippen LogP contribution in [0, 0.1) is 0 Å². The molecule has 0 unspecified atom stereocenters. The van der Waals surface area contributed by atoms with Crippen LogP contribution >= 0.6 is 11.6 Å². The lowest BCUT2D eigenvalue weighted by atomic mass is 10.0. The van der Waals surface area contributed by atoms with Crippen LogP contribution in [0.5, 0.6) is 0 Å². The number of nitrogens with zero attached hydrogens (tertiary/aromatic N) is 2. The van der Waals surface area contributed by atoms with E-state index in [1.54, 1.807) is 0 Å². The van der Waals surface area contributed by atoms with Gasteiger partial charge in [0.2, 0.25) is 0 Å². The summed E-state index contributed by atoms with van der Waals surface area (Å²) in [6, 6.07) is 8.03. The number of halogens is 1. The fraction of sp³-hybridized carbons (Fsp3) is 0.524. The standard InChI is InChI=1S/C21H26ClN3O/c1-2-11-25(16-7-9-23-10-8-16)21(26)18-13-20(14-3-4-14)24-19-6-5-15(22)12-17(18)19/h5-6,12-14,16,23H,2-4,7-11H2,1H3. The van der Waals surface area contributed by atoms with Crippen LogP contribution < -0.4 is 5.32 Å². The van der Waals surface area contributed by atoms with Crippen molar-refractivity contribution in [3.05, 3.63) is 40.5 Å². The number of aromatic nitrogens is 1. The minimum Gasteiger partial charge on any atom is -0.336 e.